The van der Waals surface area contributed by atoms with Crippen LogP contribution in [0.3, 0.4) is 0 Å². The highest BCUT2D eigenvalue weighted by Crippen LogP contribution is 2.44. The second-order valence-electron chi connectivity index (χ2n) is 4.92. The summed E-state index contributed by atoms with van der Waals surface area (Å²) < 4.78 is 5.15. The maximum Gasteiger partial charge on any atom is 0.257 e. The Kier molecular flexibility index (Phi) is 2.96. The van der Waals surface area contributed by atoms with Crippen molar-refractivity contribution in [3.63, 3.8) is 0 Å². The largest absolute Gasteiger partial charge is 0.496 e. The van der Waals surface area contributed by atoms with E-state index in [1.54, 1.807) is 18.2 Å². The Hall–Kier alpha value is -1.71. The molecule has 0 aliphatic heterocycles. The molecule has 0 radical (unpaired) electrons. The molecule has 2 rings (SSSR count). The quantitative estimate of drug-likeness (QED) is 0.781. The number of hydrogen-bond acceptors (Lipinski definition) is 3. The lowest BCUT2D eigenvalue weighted by molar-refractivity contribution is 0.0944. The highest BCUT2D eigenvalue weighted by Gasteiger charge is 2.37. The summed E-state index contributed by atoms with van der Waals surface area (Å²) in [7, 11) is 1.54. The van der Waals surface area contributed by atoms with Crippen molar-refractivity contribution < 1.29 is 9.53 Å². The van der Waals surface area contributed by atoms with Crippen LogP contribution in [-0.4, -0.2) is 19.6 Å². The third kappa shape index (κ3) is 2.52. The summed E-state index contributed by atoms with van der Waals surface area (Å²) >= 11 is 0. The Morgan fingerprint density at radius 3 is 2.82 bits per heavy atom. The molecule has 3 N–H and O–H groups in total. The first-order chi connectivity index (χ1) is 8.06. The molecule has 4 heteroatoms. The first-order valence-electron chi connectivity index (χ1n) is 5.76. The molecule has 0 heterocycles. The van der Waals surface area contributed by atoms with Crippen molar-refractivity contribution in [2.75, 3.05) is 19.4 Å². The minimum atomic E-state index is -0.159. The van der Waals surface area contributed by atoms with Gasteiger partial charge in [-0.1, -0.05) is 13.0 Å². The third-order valence-electron chi connectivity index (χ3n) is 3.28. The predicted molar refractivity (Wildman–Crippen MR) is 67.1 cm³/mol. The molecule has 1 amide bonds. The van der Waals surface area contributed by atoms with Crippen molar-refractivity contribution in [1.82, 2.24) is 5.32 Å². The Labute approximate surface area is 101 Å². The van der Waals surface area contributed by atoms with Gasteiger partial charge >= 0.3 is 0 Å². The lowest BCUT2D eigenvalue weighted by atomic mass is 10.1. The highest BCUT2D eigenvalue weighted by molar-refractivity contribution is 6.01. The minimum absolute atomic E-state index is 0.159. The Bertz CT molecular complexity index is 439. The van der Waals surface area contributed by atoms with Gasteiger partial charge in [0.1, 0.15) is 11.3 Å². The van der Waals surface area contributed by atoms with Gasteiger partial charge in [0, 0.05) is 12.2 Å². The summed E-state index contributed by atoms with van der Waals surface area (Å²) in [5, 5.41) is 2.92. The maximum atomic E-state index is 12.0. The van der Waals surface area contributed by atoms with E-state index in [4.69, 9.17) is 10.5 Å². The average molecular weight is 234 g/mol. The number of methoxy groups -OCH3 is 1. The van der Waals surface area contributed by atoms with Crippen molar-refractivity contribution in [3.8, 4) is 5.75 Å². The molecule has 0 saturated heterocycles. The van der Waals surface area contributed by atoms with Crippen LogP contribution in [0.1, 0.15) is 30.1 Å². The number of nitrogen functional groups attached to an aromatic ring is 1. The van der Waals surface area contributed by atoms with E-state index >= 15 is 0 Å². The third-order valence-corrected chi connectivity index (χ3v) is 3.28. The van der Waals surface area contributed by atoms with E-state index in [9.17, 15) is 4.79 Å². The van der Waals surface area contributed by atoms with Gasteiger partial charge in [-0.05, 0) is 30.4 Å². The van der Waals surface area contributed by atoms with Crippen molar-refractivity contribution in [2.45, 2.75) is 19.8 Å². The van der Waals surface area contributed by atoms with Crippen LogP contribution in [-0.2, 0) is 0 Å². The molecular formula is C13H18N2O2. The number of amides is 1. The fraction of sp³-hybridized carbons (Fsp3) is 0.462. The number of carbonyl (C=O) groups is 1. The number of nitrogens with two attached hydrogens (primary N) is 1. The van der Waals surface area contributed by atoms with Crippen molar-refractivity contribution in [3.05, 3.63) is 23.8 Å². The number of carbonyl (C=O) groups excluding carboxylic acids is 1. The van der Waals surface area contributed by atoms with Gasteiger partial charge in [-0.15, -0.1) is 0 Å². The number of benzene rings is 1. The van der Waals surface area contributed by atoms with Crippen molar-refractivity contribution >= 4 is 11.6 Å². The Balaban J connectivity index is 2.12. The summed E-state index contributed by atoms with van der Waals surface area (Å²) in [6, 6.07) is 5.22. The summed E-state index contributed by atoms with van der Waals surface area (Å²) in [4.78, 5) is 12.0. The molecule has 17 heavy (non-hydrogen) atoms. The van der Waals surface area contributed by atoms with E-state index in [-0.39, 0.29) is 11.3 Å². The lowest BCUT2D eigenvalue weighted by Gasteiger charge is -2.13. The van der Waals surface area contributed by atoms with Crippen LogP contribution >= 0.6 is 0 Å². The molecular weight excluding hydrogens is 216 g/mol. The van der Waals surface area contributed by atoms with Crippen LogP contribution < -0.4 is 15.8 Å². The van der Waals surface area contributed by atoms with E-state index in [1.165, 1.54) is 20.0 Å². The molecule has 0 bridgehead atoms. The smallest absolute Gasteiger partial charge is 0.257 e. The van der Waals surface area contributed by atoms with Gasteiger partial charge in [-0.25, -0.2) is 0 Å². The monoisotopic (exact) mass is 234 g/mol. The molecule has 1 aliphatic carbocycles. The molecule has 92 valence electrons. The Morgan fingerprint density at radius 2 is 2.24 bits per heavy atom. The summed E-state index contributed by atoms with van der Waals surface area (Å²) in [5.74, 6) is 0.358. The van der Waals surface area contributed by atoms with Crippen LogP contribution in [0.15, 0.2) is 18.2 Å². The zero-order valence-electron chi connectivity index (χ0n) is 10.2. The van der Waals surface area contributed by atoms with Crippen LogP contribution in [0.2, 0.25) is 0 Å². The fourth-order valence-corrected chi connectivity index (χ4v) is 1.73. The molecule has 4 nitrogen and oxygen atoms in total. The first kappa shape index (κ1) is 11.8. The van der Waals surface area contributed by atoms with Crippen LogP contribution in [0, 0.1) is 5.41 Å². The zero-order chi connectivity index (χ0) is 12.5. The van der Waals surface area contributed by atoms with E-state index < -0.39 is 0 Å². The number of rotatable bonds is 4. The summed E-state index contributed by atoms with van der Waals surface area (Å²) in [6.45, 7) is 2.86. The highest BCUT2D eigenvalue weighted by atomic mass is 16.5. The molecule has 1 aromatic carbocycles. The number of ether oxygens (including phenoxy) is 1. The van der Waals surface area contributed by atoms with Gasteiger partial charge in [-0.2, -0.15) is 0 Å². The Morgan fingerprint density at radius 1 is 1.53 bits per heavy atom. The second kappa shape index (κ2) is 4.28. The van der Waals surface area contributed by atoms with Gasteiger partial charge in [0.2, 0.25) is 0 Å². The van der Waals surface area contributed by atoms with Gasteiger partial charge in [0.05, 0.1) is 7.11 Å². The van der Waals surface area contributed by atoms with Gasteiger partial charge < -0.3 is 15.8 Å². The van der Waals surface area contributed by atoms with Crippen LogP contribution in [0.4, 0.5) is 5.69 Å². The van der Waals surface area contributed by atoms with Gasteiger partial charge in [0.25, 0.3) is 5.91 Å². The normalized spacial score (nSPS) is 16.4. The number of nitrogens with one attached hydrogen (secondary N) is 1. The SMILES string of the molecule is COc1cccc(N)c1C(=O)NCC1(C)CC1. The predicted octanol–water partition coefficient (Wildman–Crippen LogP) is 1.81. The minimum Gasteiger partial charge on any atom is -0.496 e. The fourth-order valence-electron chi connectivity index (χ4n) is 1.73. The van der Waals surface area contributed by atoms with E-state index in [0.717, 1.165) is 0 Å². The van der Waals surface area contributed by atoms with Crippen LogP contribution in [0.25, 0.3) is 0 Å². The first-order valence-corrected chi connectivity index (χ1v) is 5.76. The molecule has 1 aromatic rings. The van der Waals surface area contributed by atoms with E-state index in [2.05, 4.69) is 12.2 Å². The molecule has 1 aliphatic rings. The average Bonchev–Trinajstić information content (AvgIpc) is 3.04. The van der Waals surface area contributed by atoms with Crippen molar-refractivity contribution in [1.29, 1.82) is 0 Å². The number of anilines is 1. The summed E-state index contributed by atoms with van der Waals surface area (Å²) in [6.07, 6.45) is 2.35. The second-order valence-corrected chi connectivity index (χ2v) is 4.92. The topological polar surface area (TPSA) is 64.3 Å². The summed E-state index contributed by atoms with van der Waals surface area (Å²) in [5.41, 5.74) is 6.97. The van der Waals surface area contributed by atoms with Crippen molar-refractivity contribution in [2.24, 2.45) is 5.41 Å². The van der Waals surface area contributed by atoms with Crippen LogP contribution in [0.5, 0.6) is 5.75 Å². The van der Waals surface area contributed by atoms with Gasteiger partial charge in [-0.3, -0.25) is 4.79 Å². The molecule has 0 atom stereocenters. The van der Waals surface area contributed by atoms with E-state index in [1.807, 2.05) is 0 Å². The molecule has 0 unspecified atom stereocenters. The molecule has 0 aromatic heterocycles. The van der Waals surface area contributed by atoms with E-state index in [0.29, 0.717) is 23.5 Å². The number of hydrogen-bond donors (Lipinski definition) is 2. The zero-order valence-corrected chi connectivity index (χ0v) is 10.2. The molecule has 1 saturated carbocycles. The van der Waals surface area contributed by atoms with Gasteiger partial charge in [0.15, 0.2) is 0 Å². The molecule has 1 fully saturated rings. The standard InChI is InChI=1S/C13H18N2O2/c1-13(6-7-13)8-15-12(16)11-9(14)4-3-5-10(11)17-2/h3-5H,6-8,14H2,1-2H3,(H,15,16). The molecule has 0 spiro atoms. The maximum absolute atomic E-state index is 12.0. The lowest BCUT2D eigenvalue weighted by Crippen LogP contribution is -2.29.